The molecule has 0 saturated carbocycles. The lowest BCUT2D eigenvalue weighted by Crippen LogP contribution is -2.37. The van der Waals surface area contributed by atoms with Gasteiger partial charge in [-0.2, -0.15) is 0 Å². The van der Waals surface area contributed by atoms with Crippen molar-refractivity contribution in [3.63, 3.8) is 0 Å². The summed E-state index contributed by atoms with van der Waals surface area (Å²) in [5, 5.41) is 10.2. The number of carbonyl (C=O) groups is 1. The van der Waals surface area contributed by atoms with E-state index >= 15 is 0 Å². The van der Waals surface area contributed by atoms with Crippen molar-refractivity contribution in [3.8, 4) is 0 Å². The highest BCUT2D eigenvalue weighted by Gasteiger charge is 2.25. The maximum atomic E-state index is 12.4. The van der Waals surface area contributed by atoms with E-state index in [-0.39, 0.29) is 5.91 Å². The number of rotatable bonds is 3. The number of hydrogen-bond acceptors (Lipinski definition) is 5. The van der Waals surface area contributed by atoms with Crippen LogP contribution in [0.2, 0.25) is 0 Å². The maximum absolute atomic E-state index is 12.4. The predicted molar refractivity (Wildman–Crippen MR) is 86.6 cm³/mol. The Morgan fingerprint density at radius 1 is 1.35 bits per heavy atom. The van der Waals surface area contributed by atoms with E-state index in [1.807, 2.05) is 12.1 Å². The van der Waals surface area contributed by atoms with Crippen LogP contribution in [0.1, 0.15) is 16.1 Å². The second-order valence-corrected chi connectivity index (χ2v) is 5.77. The number of aromatic amines is 1. The van der Waals surface area contributed by atoms with Gasteiger partial charge in [-0.15, -0.1) is 0 Å². The molecule has 2 aromatic rings. The van der Waals surface area contributed by atoms with Crippen molar-refractivity contribution in [2.45, 2.75) is 12.6 Å². The molecule has 0 spiro atoms. The predicted octanol–water partition coefficient (Wildman–Crippen LogP) is 0.311. The number of H-pyrrole nitrogens is 1. The number of anilines is 1. The average molecular weight is 315 g/mol. The molecule has 0 radical (unpaired) electrons. The molecule has 1 amide bonds. The molecular formula is C16H21N5O2. The van der Waals surface area contributed by atoms with Gasteiger partial charge in [0.25, 0.3) is 5.91 Å². The smallest absolute Gasteiger partial charge is 0.270 e. The number of β-amino-alcohol motifs (C(OH)–C–C–N with tert-alkyl or cyclic N) is 1. The van der Waals surface area contributed by atoms with Crippen molar-refractivity contribution in [3.05, 3.63) is 47.9 Å². The SMILES string of the molecule is Nc1ncccc1CN1CCN(C(=O)c2ccc[nH]2)CC(O)C1. The Bertz CT molecular complexity index is 658. The fourth-order valence-corrected chi connectivity index (χ4v) is 2.84. The maximum Gasteiger partial charge on any atom is 0.270 e. The molecule has 1 saturated heterocycles. The summed E-state index contributed by atoms with van der Waals surface area (Å²) in [7, 11) is 0. The number of nitrogen functional groups attached to an aromatic ring is 1. The van der Waals surface area contributed by atoms with Crippen LogP contribution >= 0.6 is 0 Å². The molecule has 0 bridgehead atoms. The van der Waals surface area contributed by atoms with Crippen molar-refractivity contribution < 1.29 is 9.90 Å². The minimum Gasteiger partial charge on any atom is -0.390 e. The second kappa shape index (κ2) is 6.80. The molecule has 0 aromatic carbocycles. The van der Waals surface area contributed by atoms with E-state index in [4.69, 9.17) is 5.73 Å². The standard InChI is InChI=1S/C16H21N5O2/c17-15-12(3-1-6-19-15)9-20-7-8-21(11-13(22)10-20)16(23)14-4-2-5-18-14/h1-6,13,18,22H,7-11H2,(H2,17,19). The average Bonchev–Trinajstić information content (AvgIpc) is 3.00. The molecule has 122 valence electrons. The molecule has 7 nitrogen and oxygen atoms in total. The van der Waals surface area contributed by atoms with Gasteiger partial charge in [0.1, 0.15) is 11.5 Å². The Morgan fingerprint density at radius 2 is 2.22 bits per heavy atom. The molecule has 1 atom stereocenters. The number of aromatic nitrogens is 2. The molecule has 1 unspecified atom stereocenters. The summed E-state index contributed by atoms with van der Waals surface area (Å²) >= 11 is 0. The Balaban J connectivity index is 1.66. The van der Waals surface area contributed by atoms with E-state index in [2.05, 4.69) is 14.9 Å². The first-order chi connectivity index (χ1) is 11.1. The van der Waals surface area contributed by atoms with Crippen molar-refractivity contribution in [2.24, 2.45) is 0 Å². The number of aliphatic hydroxyl groups is 1. The molecule has 23 heavy (non-hydrogen) atoms. The summed E-state index contributed by atoms with van der Waals surface area (Å²) in [4.78, 5) is 23.2. The summed E-state index contributed by atoms with van der Waals surface area (Å²) in [5.74, 6) is 0.419. The third-order valence-corrected chi connectivity index (χ3v) is 4.02. The van der Waals surface area contributed by atoms with Gasteiger partial charge in [-0.3, -0.25) is 9.69 Å². The molecule has 0 aliphatic carbocycles. The zero-order valence-corrected chi connectivity index (χ0v) is 12.9. The monoisotopic (exact) mass is 315 g/mol. The number of nitrogens with zero attached hydrogens (tertiary/aromatic N) is 3. The lowest BCUT2D eigenvalue weighted by Gasteiger charge is -2.21. The van der Waals surface area contributed by atoms with Crippen LogP contribution < -0.4 is 5.73 Å². The van der Waals surface area contributed by atoms with Crippen molar-refractivity contribution >= 4 is 11.7 Å². The normalized spacial score (nSPS) is 19.5. The summed E-state index contributed by atoms with van der Waals surface area (Å²) in [6.07, 6.45) is 2.79. The highest BCUT2D eigenvalue weighted by molar-refractivity contribution is 5.92. The number of aliphatic hydroxyl groups excluding tert-OH is 1. The summed E-state index contributed by atoms with van der Waals surface area (Å²) in [6, 6.07) is 7.31. The van der Waals surface area contributed by atoms with E-state index in [1.165, 1.54) is 0 Å². The van der Waals surface area contributed by atoms with Crippen molar-refractivity contribution in [1.29, 1.82) is 0 Å². The van der Waals surface area contributed by atoms with Crippen LogP contribution in [-0.4, -0.2) is 63.1 Å². The fraction of sp³-hybridized carbons (Fsp3) is 0.375. The van der Waals surface area contributed by atoms with Crippen LogP contribution in [0.4, 0.5) is 5.82 Å². The number of pyridine rings is 1. The third kappa shape index (κ3) is 3.69. The van der Waals surface area contributed by atoms with Gasteiger partial charge in [0, 0.05) is 50.7 Å². The minimum atomic E-state index is -0.589. The first-order valence-electron chi connectivity index (χ1n) is 7.66. The Morgan fingerprint density at radius 3 is 2.96 bits per heavy atom. The minimum absolute atomic E-state index is 0.0863. The van der Waals surface area contributed by atoms with Gasteiger partial charge in [0.05, 0.1) is 6.10 Å². The second-order valence-electron chi connectivity index (χ2n) is 5.77. The van der Waals surface area contributed by atoms with Crippen LogP contribution in [0.5, 0.6) is 0 Å². The Kier molecular flexibility index (Phi) is 4.59. The van der Waals surface area contributed by atoms with Gasteiger partial charge < -0.3 is 20.7 Å². The third-order valence-electron chi connectivity index (χ3n) is 4.02. The van der Waals surface area contributed by atoms with Crippen LogP contribution in [0.3, 0.4) is 0 Å². The molecule has 1 aliphatic rings. The van der Waals surface area contributed by atoms with Crippen LogP contribution in [-0.2, 0) is 6.54 Å². The van der Waals surface area contributed by atoms with E-state index in [9.17, 15) is 9.90 Å². The molecule has 7 heteroatoms. The summed E-state index contributed by atoms with van der Waals surface area (Å²) in [6.45, 7) is 2.69. The van der Waals surface area contributed by atoms with Gasteiger partial charge in [0.2, 0.25) is 0 Å². The van der Waals surface area contributed by atoms with E-state index in [0.717, 1.165) is 5.56 Å². The van der Waals surface area contributed by atoms with Gasteiger partial charge in [-0.05, 0) is 18.2 Å². The van der Waals surface area contributed by atoms with E-state index < -0.39 is 6.10 Å². The largest absolute Gasteiger partial charge is 0.390 e. The first kappa shape index (κ1) is 15.5. The van der Waals surface area contributed by atoms with E-state index in [0.29, 0.717) is 44.2 Å². The lowest BCUT2D eigenvalue weighted by molar-refractivity contribution is 0.0658. The lowest BCUT2D eigenvalue weighted by atomic mass is 10.2. The molecule has 1 fully saturated rings. The fourth-order valence-electron chi connectivity index (χ4n) is 2.84. The topological polar surface area (TPSA) is 98.5 Å². The molecule has 1 aliphatic heterocycles. The number of nitrogens with two attached hydrogens (primary N) is 1. The molecule has 4 N–H and O–H groups in total. The van der Waals surface area contributed by atoms with Crippen LogP contribution in [0, 0.1) is 0 Å². The van der Waals surface area contributed by atoms with Crippen LogP contribution in [0.25, 0.3) is 0 Å². The van der Waals surface area contributed by atoms with Crippen molar-refractivity contribution in [1.82, 2.24) is 19.8 Å². The number of amides is 1. The summed E-state index contributed by atoms with van der Waals surface area (Å²) in [5.41, 5.74) is 7.36. The molecule has 2 aromatic heterocycles. The zero-order chi connectivity index (χ0) is 16.2. The number of carbonyl (C=O) groups excluding carboxylic acids is 1. The highest BCUT2D eigenvalue weighted by Crippen LogP contribution is 2.14. The van der Waals surface area contributed by atoms with E-state index in [1.54, 1.807) is 29.4 Å². The Hall–Kier alpha value is -2.38. The van der Waals surface area contributed by atoms with Gasteiger partial charge in [-0.25, -0.2) is 4.98 Å². The van der Waals surface area contributed by atoms with Gasteiger partial charge in [0.15, 0.2) is 0 Å². The number of hydrogen-bond donors (Lipinski definition) is 3. The van der Waals surface area contributed by atoms with Crippen molar-refractivity contribution in [2.75, 3.05) is 31.9 Å². The number of nitrogens with one attached hydrogen (secondary N) is 1. The van der Waals surface area contributed by atoms with Gasteiger partial charge >= 0.3 is 0 Å². The Labute approximate surface area is 134 Å². The quantitative estimate of drug-likeness (QED) is 0.757. The van der Waals surface area contributed by atoms with Crippen LogP contribution in [0.15, 0.2) is 36.7 Å². The molecular weight excluding hydrogens is 294 g/mol. The first-order valence-corrected chi connectivity index (χ1v) is 7.66. The molecule has 3 rings (SSSR count). The summed E-state index contributed by atoms with van der Waals surface area (Å²) < 4.78 is 0. The molecule has 3 heterocycles. The zero-order valence-electron chi connectivity index (χ0n) is 12.9. The van der Waals surface area contributed by atoms with Gasteiger partial charge in [-0.1, -0.05) is 6.07 Å². The highest BCUT2D eigenvalue weighted by atomic mass is 16.3.